The Hall–Kier alpha value is -3.35. The van der Waals surface area contributed by atoms with Crippen molar-refractivity contribution in [3.8, 4) is 27.8 Å². The van der Waals surface area contributed by atoms with Crippen molar-refractivity contribution in [1.82, 2.24) is 39.9 Å². The maximum absolute atomic E-state index is 13.1. The number of fused-ring (bicyclic) bond motifs is 3. The fourth-order valence-electron chi connectivity index (χ4n) is 3.70. The third kappa shape index (κ3) is 3.44. The van der Waals surface area contributed by atoms with Crippen LogP contribution in [0.15, 0.2) is 30.3 Å². The van der Waals surface area contributed by atoms with Gasteiger partial charge >= 0.3 is 6.18 Å². The van der Waals surface area contributed by atoms with Crippen LogP contribution in [0.1, 0.15) is 31.6 Å². The molecule has 160 valence electrons. The van der Waals surface area contributed by atoms with Crippen LogP contribution in [0.3, 0.4) is 0 Å². The predicted octanol–water partition coefficient (Wildman–Crippen LogP) is 3.79. The molecule has 5 heterocycles. The second-order valence-electron chi connectivity index (χ2n) is 6.94. The summed E-state index contributed by atoms with van der Waals surface area (Å²) in [6.07, 6.45) is 1.66. The van der Waals surface area contributed by atoms with Gasteiger partial charge in [-0.25, -0.2) is 15.0 Å². The Balaban J connectivity index is 1.62. The van der Waals surface area contributed by atoms with Gasteiger partial charge in [-0.05, 0) is 6.42 Å². The second-order valence-corrected chi connectivity index (χ2v) is 7.83. The number of alkyl halides is 3. The van der Waals surface area contributed by atoms with Crippen LogP contribution in [0, 0.1) is 0 Å². The zero-order chi connectivity index (χ0) is 21.6. The van der Waals surface area contributed by atoms with E-state index in [0.29, 0.717) is 40.8 Å². The molecule has 31 heavy (non-hydrogen) atoms. The number of nitrogens with one attached hydrogen (secondary N) is 1. The van der Waals surface area contributed by atoms with Crippen LogP contribution in [-0.2, 0) is 0 Å². The van der Waals surface area contributed by atoms with Crippen LogP contribution in [0.4, 0.5) is 19.0 Å². The molecule has 0 radical (unpaired) electrons. The number of aromatic nitrogens is 8. The van der Waals surface area contributed by atoms with Gasteiger partial charge < -0.3 is 4.90 Å². The van der Waals surface area contributed by atoms with Gasteiger partial charge in [0, 0.05) is 18.1 Å². The molecule has 13 heteroatoms. The van der Waals surface area contributed by atoms with E-state index in [9.17, 15) is 13.2 Å². The second kappa shape index (κ2) is 7.41. The summed E-state index contributed by atoms with van der Waals surface area (Å²) in [6, 6.07) is -0.386. The van der Waals surface area contributed by atoms with Gasteiger partial charge in [-0.3, -0.25) is 9.67 Å². The first-order chi connectivity index (χ1) is 15.0. The van der Waals surface area contributed by atoms with Crippen molar-refractivity contribution >= 4 is 17.2 Å². The normalized spacial score (nSPS) is 15.7. The Morgan fingerprint density at radius 2 is 2.10 bits per heavy atom. The third-order valence-corrected chi connectivity index (χ3v) is 5.87. The van der Waals surface area contributed by atoms with Gasteiger partial charge in [0.1, 0.15) is 22.7 Å². The summed E-state index contributed by atoms with van der Waals surface area (Å²) in [4.78, 5) is 15.1. The molecule has 4 aromatic rings. The third-order valence-electron chi connectivity index (χ3n) is 5.08. The number of anilines is 1. The summed E-state index contributed by atoms with van der Waals surface area (Å²) >= 11 is 1.43. The Labute approximate surface area is 178 Å². The number of halogens is 3. The number of hydrogen-bond acceptors (Lipinski definition) is 8. The van der Waals surface area contributed by atoms with E-state index in [4.69, 9.17) is 0 Å². The maximum Gasteiger partial charge on any atom is 0.390 e. The SMILES string of the molecule is CCC1c2nncn2-c2cnc(-c3cn[nH]c3-c3nccs3)nc2N1CCC(F)(F)F. The quantitative estimate of drug-likeness (QED) is 0.497. The Bertz CT molecular complexity index is 1200. The largest absolute Gasteiger partial charge is 0.390 e. The summed E-state index contributed by atoms with van der Waals surface area (Å²) in [5.74, 6) is 1.32. The van der Waals surface area contributed by atoms with E-state index >= 15 is 0 Å². The number of H-pyrrole nitrogens is 1. The van der Waals surface area contributed by atoms with Crippen LogP contribution >= 0.6 is 11.3 Å². The van der Waals surface area contributed by atoms with Crippen LogP contribution in [0.25, 0.3) is 27.8 Å². The molecule has 1 aliphatic rings. The van der Waals surface area contributed by atoms with Gasteiger partial charge in [0.2, 0.25) is 0 Å². The number of aromatic amines is 1. The first-order valence-corrected chi connectivity index (χ1v) is 10.4. The summed E-state index contributed by atoms with van der Waals surface area (Å²) < 4.78 is 40.9. The molecule has 0 saturated heterocycles. The average molecular weight is 447 g/mol. The lowest BCUT2D eigenvalue weighted by Gasteiger charge is -2.37. The minimum Gasteiger partial charge on any atom is -0.344 e. The van der Waals surface area contributed by atoms with Gasteiger partial charge in [-0.15, -0.1) is 21.5 Å². The highest BCUT2D eigenvalue weighted by atomic mass is 32.1. The van der Waals surface area contributed by atoms with Gasteiger partial charge in [0.25, 0.3) is 0 Å². The van der Waals surface area contributed by atoms with Crippen LogP contribution in [-0.4, -0.2) is 52.6 Å². The maximum atomic E-state index is 13.1. The molecule has 0 saturated carbocycles. The van der Waals surface area contributed by atoms with Gasteiger partial charge in [-0.2, -0.15) is 18.3 Å². The van der Waals surface area contributed by atoms with E-state index in [1.165, 1.54) is 17.7 Å². The highest BCUT2D eigenvalue weighted by Gasteiger charge is 2.37. The summed E-state index contributed by atoms with van der Waals surface area (Å²) in [5, 5.41) is 17.6. The number of hydrogen-bond donors (Lipinski definition) is 1. The number of rotatable bonds is 5. The predicted molar refractivity (Wildman–Crippen MR) is 107 cm³/mol. The highest BCUT2D eigenvalue weighted by Crippen LogP contribution is 2.40. The van der Waals surface area contributed by atoms with Crippen molar-refractivity contribution in [2.75, 3.05) is 11.4 Å². The lowest BCUT2D eigenvalue weighted by Crippen LogP contribution is -2.38. The van der Waals surface area contributed by atoms with Gasteiger partial charge in [0.05, 0.1) is 30.4 Å². The first-order valence-electron chi connectivity index (χ1n) is 9.50. The zero-order valence-corrected chi connectivity index (χ0v) is 17.0. The molecule has 1 unspecified atom stereocenters. The van der Waals surface area contributed by atoms with E-state index in [-0.39, 0.29) is 12.6 Å². The minimum atomic E-state index is -4.29. The molecular weight excluding hydrogens is 431 g/mol. The van der Waals surface area contributed by atoms with E-state index in [1.807, 2.05) is 12.3 Å². The molecule has 0 aromatic carbocycles. The van der Waals surface area contributed by atoms with Crippen molar-refractivity contribution in [1.29, 1.82) is 0 Å². The molecule has 1 atom stereocenters. The molecule has 1 aliphatic heterocycles. The zero-order valence-electron chi connectivity index (χ0n) is 16.2. The van der Waals surface area contributed by atoms with Crippen LogP contribution in [0.2, 0.25) is 0 Å². The summed E-state index contributed by atoms with van der Waals surface area (Å²) in [6.45, 7) is 1.65. The van der Waals surface area contributed by atoms with Crippen molar-refractivity contribution in [2.24, 2.45) is 0 Å². The fraction of sp³-hybridized carbons (Fsp3) is 0.333. The Kier molecular flexibility index (Phi) is 4.68. The van der Waals surface area contributed by atoms with Crippen molar-refractivity contribution in [3.63, 3.8) is 0 Å². The van der Waals surface area contributed by atoms with Crippen molar-refractivity contribution in [3.05, 3.63) is 36.1 Å². The lowest BCUT2D eigenvalue weighted by atomic mass is 10.1. The fourth-order valence-corrected chi connectivity index (χ4v) is 4.34. The minimum absolute atomic E-state index is 0.247. The first kappa shape index (κ1) is 19.6. The molecule has 0 bridgehead atoms. The van der Waals surface area contributed by atoms with Gasteiger partial charge in [0.15, 0.2) is 17.5 Å². The molecule has 5 rings (SSSR count). The van der Waals surface area contributed by atoms with Crippen LogP contribution in [0.5, 0.6) is 0 Å². The number of thiazole rings is 1. The summed E-state index contributed by atoms with van der Waals surface area (Å²) in [5.41, 5.74) is 1.82. The highest BCUT2D eigenvalue weighted by molar-refractivity contribution is 7.13. The summed E-state index contributed by atoms with van der Waals surface area (Å²) in [7, 11) is 0. The molecule has 0 aliphatic carbocycles. The molecule has 4 aromatic heterocycles. The Morgan fingerprint density at radius 3 is 2.84 bits per heavy atom. The Morgan fingerprint density at radius 1 is 1.23 bits per heavy atom. The van der Waals surface area contributed by atoms with E-state index in [0.717, 1.165) is 5.01 Å². The molecular formula is C18H16F3N9S. The van der Waals surface area contributed by atoms with Crippen LogP contribution < -0.4 is 4.90 Å². The van der Waals surface area contributed by atoms with E-state index in [2.05, 4.69) is 35.3 Å². The van der Waals surface area contributed by atoms with E-state index in [1.54, 1.807) is 28.1 Å². The number of nitrogens with zero attached hydrogens (tertiary/aromatic N) is 8. The molecule has 0 amide bonds. The topological polar surface area (TPSA) is 101 Å². The van der Waals surface area contributed by atoms with E-state index < -0.39 is 12.6 Å². The average Bonchev–Trinajstić information content (AvgIpc) is 3.51. The smallest absolute Gasteiger partial charge is 0.344 e. The molecule has 9 nitrogen and oxygen atoms in total. The van der Waals surface area contributed by atoms with Gasteiger partial charge in [-0.1, -0.05) is 6.92 Å². The standard InChI is InChI=1S/C18H16F3N9S/c1-2-11-16-28-25-9-30(16)12-8-23-14(26-15(12)29(11)5-3-18(19,20)21)10-7-24-27-13(10)17-22-4-6-31-17/h4,6-9,11H,2-3,5H2,1H3,(H,24,27). The molecule has 0 spiro atoms. The molecule has 0 fully saturated rings. The monoisotopic (exact) mass is 447 g/mol. The van der Waals surface area contributed by atoms with Crippen molar-refractivity contribution in [2.45, 2.75) is 32.0 Å². The lowest BCUT2D eigenvalue weighted by molar-refractivity contribution is -0.132. The van der Waals surface area contributed by atoms with Crippen molar-refractivity contribution < 1.29 is 13.2 Å². The molecule has 1 N–H and O–H groups in total.